The number of nitro benzene ring substituents is 1. The average molecular weight is 507 g/mol. The van der Waals surface area contributed by atoms with Crippen LogP contribution in [0.1, 0.15) is 17.9 Å². The first kappa shape index (κ1) is 26.6. The van der Waals surface area contributed by atoms with E-state index in [1.165, 1.54) is 24.3 Å². The third kappa shape index (κ3) is 3.94. The van der Waals surface area contributed by atoms with Gasteiger partial charge in [-0.2, -0.15) is 0 Å². The maximum Gasteiger partial charge on any atom is 0.337 e. The highest BCUT2D eigenvalue weighted by Gasteiger charge is 2.71. The van der Waals surface area contributed by atoms with Crippen LogP contribution in [0, 0.1) is 33.8 Å². The summed E-state index contributed by atoms with van der Waals surface area (Å²) in [6.07, 6.45) is -0.192. The van der Waals surface area contributed by atoms with Crippen molar-refractivity contribution in [2.75, 3.05) is 28.4 Å². The zero-order valence-electron chi connectivity index (χ0n) is 19.8. The number of non-ortho nitro benzene ring substituents is 1. The molecule has 1 fully saturated rings. The van der Waals surface area contributed by atoms with Gasteiger partial charge in [0.25, 0.3) is 5.69 Å². The van der Waals surface area contributed by atoms with Gasteiger partial charge in [0.15, 0.2) is 0 Å². The maximum absolute atomic E-state index is 13.1. The lowest BCUT2D eigenvalue weighted by Gasteiger charge is -2.55. The van der Waals surface area contributed by atoms with Gasteiger partial charge in [-0.3, -0.25) is 24.5 Å². The van der Waals surface area contributed by atoms with Gasteiger partial charge in [-0.1, -0.05) is 12.1 Å². The van der Waals surface area contributed by atoms with Crippen LogP contribution in [-0.2, 0) is 38.1 Å². The summed E-state index contributed by atoms with van der Waals surface area (Å²) in [5.41, 5.74) is -3.06. The standard InChI is InChI=1S/C23H25NO12/c1-33-19(26)14-13-9-12(10-5-7-11(8-6-10)24(31)32)15(20(27)34-2)23(30,16(13)21(28)35-3)17(18(14)25)22(29)36-4/h5-8,12-13,15-17,25,30H,9H2,1-4H3/t12-,13-,15-,16-,17?,23+/m0/s1. The molecule has 0 aromatic heterocycles. The monoisotopic (exact) mass is 507 g/mol. The summed E-state index contributed by atoms with van der Waals surface area (Å²) in [5.74, 6) is -13.0. The third-order valence-electron chi connectivity index (χ3n) is 6.98. The summed E-state index contributed by atoms with van der Waals surface area (Å²) in [4.78, 5) is 62.3. The van der Waals surface area contributed by atoms with E-state index in [1.807, 2.05) is 0 Å². The number of nitrogens with zero attached hydrogens (tertiary/aromatic N) is 1. The molecule has 2 aliphatic rings. The first-order valence-corrected chi connectivity index (χ1v) is 10.7. The largest absolute Gasteiger partial charge is 0.511 e. The Morgan fingerprint density at radius 1 is 0.889 bits per heavy atom. The molecule has 0 spiro atoms. The van der Waals surface area contributed by atoms with Crippen LogP contribution >= 0.6 is 0 Å². The van der Waals surface area contributed by atoms with Gasteiger partial charge in [-0.05, 0) is 12.0 Å². The molecule has 194 valence electrons. The molecule has 0 aliphatic heterocycles. The number of esters is 4. The molecule has 2 N–H and O–H groups in total. The van der Waals surface area contributed by atoms with Crippen molar-refractivity contribution in [3.63, 3.8) is 0 Å². The van der Waals surface area contributed by atoms with E-state index in [1.54, 1.807) is 0 Å². The number of fused-ring (bicyclic) bond motifs is 2. The number of carbonyl (C=O) groups is 4. The Morgan fingerprint density at radius 3 is 1.83 bits per heavy atom. The molecule has 0 saturated heterocycles. The fourth-order valence-electron chi connectivity index (χ4n) is 5.51. The highest BCUT2D eigenvalue weighted by atomic mass is 16.6. The first-order chi connectivity index (χ1) is 17.0. The van der Waals surface area contributed by atoms with Crippen molar-refractivity contribution >= 4 is 29.6 Å². The average Bonchev–Trinajstić information content (AvgIpc) is 2.86. The molecule has 3 rings (SSSR count). The summed E-state index contributed by atoms with van der Waals surface area (Å²) >= 11 is 0. The minimum absolute atomic E-state index is 0.192. The van der Waals surface area contributed by atoms with Gasteiger partial charge in [0.1, 0.15) is 17.3 Å². The van der Waals surface area contributed by atoms with Crippen molar-refractivity contribution < 1.29 is 53.3 Å². The molecule has 13 nitrogen and oxygen atoms in total. The molecule has 2 aliphatic carbocycles. The molecule has 6 atom stereocenters. The Morgan fingerprint density at radius 2 is 1.39 bits per heavy atom. The number of hydrogen-bond acceptors (Lipinski definition) is 12. The van der Waals surface area contributed by atoms with Gasteiger partial charge < -0.3 is 29.2 Å². The van der Waals surface area contributed by atoms with E-state index in [-0.39, 0.29) is 12.1 Å². The van der Waals surface area contributed by atoms with Crippen LogP contribution in [0.15, 0.2) is 35.6 Å². The van der Waals surface area contributed by atoms with Crippen molar-refractivity contribution in [1.82, 2.24) is 0 Å². The van der Waals surface area contributed by atoms with E-state index >= 15 is 0 Å². The molecule has 13 heteroatoms. The molecule has 1 aromatic rings. The third-order valence-corrected chi connectivity index (χ3v) is 6.98. The Bertz CT molecular complexity index is 1130. The second-order valence-corrected chi connectivity index (χ2v) is 8.43. The number of nitro groups is 1. The van der Waals surface area contributed by atoms with E-state index in [9.17, 15) is 39.5 Å². The number of ether oxygens (including phenoxy) is 4. The molecule has 1 unspecified atom stereocenters. The van der Waals surface area contributed by atoms with E-state index in [4.69, 9.17) is 18.9 Å². The van der Waals surface area contributed by atoms with E-state index < -0.39 is 75.3 Å². The lowest BCUT2D eigenvalue weighted by atomic mass is 9.49. The van der Waals surface area contributed by atoms with Gasteiger partial charge in [0.2, 0.25) is 0 Å². The van der Waals surface area contributed by atoms with Gasteiger partial charge in [-0.25, -0.2) is 4.79 Å². The molecule has 0 amide bonds. The van der Waals surface area contributed by atoms with Gasteiger partial charge in [0, 0.05) is 24.0 Å². The molecule has 2 bridgehead atoms. The quantitative estimate of drug-likeness (QED) is 0.239. The number of aliphatic hydroxyl groups is 2. The summed E-state index contributed by atoms with van der Waals surface area (Å²) in [6, 6.07) is 5.07. The van der Waals surface area contributed by atoms with Crippen molar-refractivity contribution in [3.8, 4) is 0 Å². The lowest BCUT2D eigenvalue weighted by Crippen LogP contribution is -2.68. The minimum Gasteiger partial charge on any atom is -0.511 e. The van der Waals surface area contributed by atoms with Crippen molar-refractivity contribution in [2.45, 2.75) is 17.9 Å². The summed E-state index contributed by atoms with van der Waals surface area (Å²) in [6.45, 7) is 0. The number of benzene rings is 1. The molecular weight excluding hydrogens is 482 g/mol. The second-order valence-electron chi connectivity index (χ2n) is 8.43. The zero-order valence-corrected chi connectivity index (χ0v) is 19.8. The predicted molar refractivity (Wildman–Crippen MR) is 117 cm³/mol. The van der Waals surface area contributed by atoms with Crippen LogP contribution in [0.25, 0.3) is 0 Å². The molecule has 36 heavy (non-hydrogen) atoms. The molecule has 0 heterocycles. The van der Waals surface area contributed by atoms with Gasteiger partial charge >= 0.3 is 23.9 Å². The van der Waals surface area contributed by atoms with Gasteiger partial charge in [-0.15, -0.1) is 0 Å². The predicted octanol–water partition coefficient (Wildman–Crippen LogP) is 0.796. The fourth-order valence-corrected chi connectivity index (χ4v) is 5.51. The smallest absolute Gasteiger partial charge is 0.337 e. The van der Waals surface area contributed by atoms with Crippen LogP contribution < -0.4 is 0 Å². The number of rotatable bonds is 6. The molecule has 1 saturated carbocycles. The van der Waals surface area contributed by atoms with Crippen LogP contribution in [0.5, 0.6) is 0 Å². The molecule has 1 aromatic carbocycles. The second kappa shape index (κ2) is 9.93. The SMILES string of the molecule is COC(=O)C1=C(O)C(C(=O)OC)[C@]2(O)[C@H](C(=O)OC)[C@H]1C[C@@H](c1ccc([N+](=O)[O-])cc1)[C@H]2C(=O)OC. The number of aliphatic hydroxyl groups excluding tert-OH is 1. The highest BCUT2D eigenvalue weighted by Crippen LogP contribution is 2.60. The van der Waals surface area contributed by atoms with E-state index in [0.717, 1.165) is 28.4 Å². The van der Waals surface area contributed by atoms with Crippen molar-refractivity contribution in [3.05, 3.63) is 51.3 Å². The first-order valence-electron chi connectivity index (χ1n) is 10.7. The van der Waals surface area contributed by atoms with E-state index in [2.05, 4.69) is 0 Å². The van der Waals surface area contributed by atoms with Crippen LogP contribution in [0.4, 0.5) is 5.69 Å². The zero-order chi connectivity index (χ0) is 26.9. The number of hydrogen-bond donors (Lipinski definition) is 2. The normalized spacial score (nSPS) is 29.1. The van der Waals surface area contributed by atoms with Crippen LogP contribution in [-0.4, -0.2) is 73.1 Å². The Labute approximate surface area is 204 Å². The summed E-state index contributed by atoms with van der Waals surface area (Å²) < 4.78 is 19.3. The van der Waals surface area contributed by atoms with Crippen molar-refractivity contribution in [2.24, 2.45) is 23.7 Å². The maximum atomic E-state index is 13.1. The Kier molecular flexibility index (Phi) is 7.34. The topological polar surface area (TPSA) is 189 Å². The summed E-state index contributed by atoms with van der Waals surface area (Å²) in [7, 11) is 4.03. The number of methoxy groups -OCH3 is 4. The minimum atomic E-state index is -2.68. The summed E-state index contributed by atoms with van der Waals surface area (Å²) in [5, 5.41) is 34.3. The Hall–Kier alpha value is -4.00. The Balaban J connectivity index is 2.38. The van der Waals surface area contributed by atoms with Crippen LogP contribution in [0.2, 0.25) is 0 Å². The number of carbonyl (C=O) groups excluding carboxylic acids is 4. The van der Waals surface area contributed by atoms with Crippen molar-refractivity contribution in [1.29, 1.82) is 0 Å². The van der Waals surface area contributed by atoms with E-state index in [0.29, 0.717) is 5.56 Å². The molecule has 0 radical (unpaired) electrons. The van der Waals surface area contributed by atoms with Crippen LogP contribution in [0.3, 0.4) is 0 Å². The van der Waals surface area contributed by atoms with Gasteiger partial charge in [0.05, 0.1) is 50.8 Å². The molecular formula is C23H25NO12. The lowest BCUT2D eigenvalue weighted by molar-refractivity contribution is -0.384. The fraction of sp³-hybridized carbons (Fsp3) is 0.478. The highest BCUT2D eigenvalue weighted by molar-refractivity contribution is 5.96.